The Labute approximate surface area is 164 Å². The number of methoxy groups -OCH3 is 2. The summed E-state index contributed by atoms with van der Waals surface area (Å²) in [6.45, 7) is 0.444. The topological polar surface area (TPSA) is 64.9 Å². The fourth-order valence-corrected chi connectivity index (χ4v) is 4.22. The molecular weight excluding hydrogens is 354 g/mol. The second kappa shape index (κ2) is 7.54. The Bertz CT molecular complexity index is 990. The standard InChI is InChI=1S/C22H25N3O3/c1-27-18-9-8-16(13-19(18)28-2)22(10-4-5-11-22)21(26)24-15-17-14-23-20-7-3-6-12-25(17)20/h3,6-9,12-14H,4-5,10-11,15H2,1-2H3,(H,24,26). The van der Waals surface area contributed by atoms with E-state index in [-0.39, 0.29) is 5.91 Å². The number of benzene rings is 1. The van der Waals surface area contributed by atoms with Crippen LogP contribution in [-0.4, -0.2) is 29.5 Å². The highest BCUT2D eigenvalue weighted by Crippen LogP contribution is 2.44. The van der Waals surface area contributed by atoms with Crippen LogP contribution < -0.4 is 14.8 Å². The maximum atomic E-state index is 13.3. The molecule has 3 aromatic rings. The van der Waals surface area contributed by atoms with Crippen LogP contribution in [0.1, 0.15) is 36.9 Å². The molecule has 0 aliphatic heterocycles. The molecule has 2 aromatic heterocycles. The molecule has 1 saturated carbocycles. The molecule has 0 spiro atoms. The zero-order valence-corrected chi connectivity index (χ0v) is 16.3. The predicted octanol–water partition coefficient (Wildman–Crippen LogP) is 3.48. The van der Waals surface area contributed by atoms with Gasteiger partial charge in [0.05, 0.1) is 38.1 Å². The fraction of sp³-hybridized carbons (Fsp3) is 0.364. The van der Waals surface area contributed by atoms with Crippen molar-refractivity contribution in [2.75, 3.05) is 14.2 Å². The number of ether oxygens (including phenoxy) is 2. The number of carbonyl (C=O) groups is 1. The predicted molar refractivity (Wildman–Crippen MR) is 107 cm³/mol. The molecule has 1 fully saturated rings. The van der Waals surface area contributed by atoms with Crippen molar-refractivity contribution in [3.63, 3.8) is 0 Å². The van der Waals surface area contributed by atoms with E-state index < -0.39 is 5.41 Å². The first-order valence-electron chi connectivity index (χ1n) is 9.60. The second-order valence-corrected chi connectivity index (χ2v) is 7.22. The van der Waals surface area contributed by atoms with Crippen LogP contribution in [0.4, 0.5) is 0 Å². The molecule has 1 N–H and O–H groups in total. The first-order chi connectivity index (χ1) is 13.7. The quantitative estimate of drug-likeness (QED) is 0.712. The summed E-state index contributed by atoms with van der Waals surface area (Å²) in [7, 11) is 3.24. The summed E-state index contributed by atoms with van der Waals surface area (Å²) in [5.74, 6) is 1.38. The highest BCUT2D eigenvalue weighted by atomic mass is 16.5. The van der Waals surface area contributed by atoms with E-state index in [2.05, 4.69) is 10.3 Å². The Kier molecular flexibility index (Phi) is 4.94. The monoisotopic (exact) mass is 379 g/mol. The number of aromatic nitrogens is 2. The Morgan fingerprint density at radius 2 is 1.93 bits per heavy atom. The van der Waals surface area contributed by atoms with Crippen LogP contribution in [0.5, 0.6) is 11.5 Å². The molecule has 1 amide bonds. The van der Waals surface area contributed by atoms with Gasteiger partial charge in [-0.2, -0.15) is 0 Å². The Hall–Kier alpha value is -3.02. The summed E-state index contributed by atoms with van der Waals surface area (Å²) in [6, 6.07) is 11.7. The van der Waals surface area contributed by atoms with E-state index in [1.807, 2.05) is 53.2 Å². The lowest BCUT2D eigenvalue weighted by Gasteiger charge is -2.29. The van der Waals surface area contributed by atoms with Gasteiger partial charge in [0, 0.05) is 6.20 Å². The number of hydrogen-bond donors (Lipinski definition) is 1. The van der Waals surface area contributed by atoms with Gasteiger partial charge in [0.25, 0.3) is 0 Å². The molecule has 4 rings (SSSR count). The first-order valence-corrected chi connectivity index (χ1v) is 9.60. The van der Waals surface area contributed by atoms with Gasteiger partial charge in [-0.1, -0.05) is 25.0 Å². The smallest absolute Gasteiger partial charge is 0.230 e. The number of hydrogen-bond acceptors (Lipinski definition) is 4. The van der Waals surface area contributed by atoms with Gasteiger partial charge in [-0.15, -0.1) is 0 Å². The van der Waals surface area contributed by atoms with Gasteiger partial charge in [0.1, 0.15) is 5.65 Å². The van der Waals surface area contributed by atoms with Crippen LogP contribution in [-0.2, 0) is 16.8 Å². The van der Waals surface area contributed by atoms with E-state index in [9.17, 15) is 4.79 Å². The molecular formula is C22H25N3O3. The summed E-state index contributed by atoms with van der Waals surface area (Å²) in [5, 5.41) is 3.15. The normalized spacial score (nSPS) is 15.5. The summed E-state index contributed by atoms with van der Waals surface area (Å²) in [4.78, 5) is 17.7. The van der Waals surface area contributed by atoms with Crippen molar-refractivity contribution in [1.29, 1.82) is 0 Å². The zero-order chi connectivity index (χ0) is 19.6. The SMILES string of the molecule is COc1ccc(C2(C(=O)NCc3cnc4ccccn34)CCCC2)cc1OC. The molecule has 0 atom stereocenters. The largest absolute Gasteiger partial charge is 0.493 e. The summed E-state index contributed by atoms with van der Waals surface area (Å²) in [5.41, 5.74) is 2.30. The van der Waals surface area contributed by atoms with Crippen LogP contribution in [0.2, 0.25) is 0 Å². The van der Waals surface area contributed by atoms with Gasteiger partial charge in [-0.05, 0) is 42.7 Å². The minimum absolute atomic E-state index is 0.0584. The third kappa shape index (κ3) is 3.09. The number of nitrogens with zero attached hydrogens (tertiary/aromatic N) is 2. The Morgan fingerprint density at radius 3 is 2.68 bits per heavy atom. The molecule has 1 aromatic carbocycles. The molecule has 0 saturated heterocycles. The van der Waals surface area contributed by atoms with Gasteiger partial charge in [0.2, 0.25) is 5.91 Å². The number of imidazole rings is 1. The minimum atomic E-state index is -0.528. The lowest BCUT2D eigenvalue weighted by molar-refractivity contribution is -0.126. The van der Waals surface area contributed by atoms with Crippen molar-refractivity contribution in [1.82, 2.24) is 14.7 Å². The van der Waals surface area contributed by atoms with Crippen LogP contribution in [0.15, 0.2) is 48.8 Å². The number of rotatable bonds is 6. The van der Waals surface area contributed by atoms with E-state index in [0.717, 1.165) is 42.6 Å². The summed E-state index contributed by atoms with van der Waals surface area (Å²) >= 11 is 0. The van der Waals surface area contributed by atoms with Crippen LogP contribution in [0, 0.1) is 0 Å². The van der Waals surface area contributed by atoms with Crippen LogP contribution in [0.3, 0.4) is 0 Å². The molecule has 1 aliphatic carbocycles. The van der Waals surface area contributed by atoms with Gasteiger partial charge in [-0.25, -0.2) is 4.98 Å². The molecule has 146 valence electrons. The third-order valence-electron chi connectivity index (χ3n) is 5.75. The molecule has 2 heterocycles. The van der Waals surface area contributed by atoms with E-state index in [1.54, 1.807) is 14.2 Å². The number of nitrogens with one attached hydrogen (secondary N) is 1. The zero-order valence-electron chi connectivity index (χ0n) is 16.3. The highest BCUT2D eigenvalue weighted by molar-refractivity contribution is 5.88. The van der Waals surface area contributed by atoms with E-state index >= 15 is 0 Å². The third-order valence-corrected chi connectivity index (χ3v) is 5.75. The number of pyridine rings is 1. The van der Waals surface area contributed by atoms with Crippen LogP contribution >= 0.6 is 0 Å². The molecule has 0 bridgehead atoms. The van der Waals surface area contributed by atoms with Gasteiger partial charge in [-0.3, -0.25) is 4.79 Å². The average molecular weight is 379 g/mol. The maximum Gasteiger partial charge on any atom is 0.230 e. The average Bonchev–Trinajstić information content (AvgIpc) is 3.39. The van der Waals surface area contributed by atoms with E-state index in [1.165, 1.54) is 0 Å². The van der Waals surface area contributed by atoms with Crippen molar-refractivity contribution in [3.8, 4) is 11.5 Å². The molecule has 6 heteroatoms. The van der Waals surface area contributed by atoms with E-state index in [4.69, 9.17) is 9.47 Å². The molecule has 6 nitrogen and oxygen atoms in total. The molecule has 1 aliphatic rings. The molecule has 0 unspecified atom stereocenters. The Balaban J connectivity index is 1.59. The van der Waals surface area contributed by atoms with Gasteiger partial charge >= 0.3 is 0 Å². The fourth-order valence-electron chi connectivity index (χ4n) is 4.22. The number of fused-ring (bicyclic) bond motifs is 1. The van der Waals surface area contributed by atoms with Crippen molar-refractivity contribution in [2.24, 2.45) is 0 Å². The molecule has 0 radical (unpaired) electrons. The number of carbonyl (C=O) groups excluding carboxylic acids is 1. The lowest BCUT2D eigenvalue weighted by Crippen LogP contribution is -2.42. The summed E-state index contributed by atoms with van der Waals surface area (Å²) < 4.78 is 12.8. The van der Waals surface area contributed by atoms with Crippen molar-refractivity contribution < 1.29 is 14.3 Å². The van der Waals surface area contributed by atoms with Gasteiger partial charge < -0.3 is 19.2 Å². The van der Waals surface area contributed by atoms with Crippen molar-refractivity contribution >= 4 is 11.6 Å². The van der Waals surface area contributed by atoms with Crippen molar-refractivity contribution in [2.45, 2.75) is 37.6 Å². The van der Waals surface area contributed by atoms with Crippen LogP contribution in [0.25, 0.3) is 5.65 Å². The maximum absolute atomic E-state index is 13.3. The lowest BCUT2D eigenvalue weighted by atomic mass is 9.77. The van der Waals surface area contributed by atoms with E-state index in [0.29, 0.717) is 18.0 Å². The number of amides is 1. The Morgan fingerprint density at radius 1 is 1.14 bits per heavy atom. The van der Waals surface area contributed by atoms with Crippen molar-refractivity contribution in [3.05, 3.63) is 60.0 Å². The van der Waals surface area contributed by atoms with Gasteiger partial charge in [0.15, 0.2) is 11.5 Å². The molecule has 28 heavy (non-hydrogen) atoms. The highest BCUT2D eigenvalue weighted by Gasteiger charge is 2.43. The first kappa shape index (κ1) is 18.3. The minimum Gasteiger partial charge on any atom is -0.493 e. The summed E-state index contributed by atoms with van der Waals surface area (Å²) in [6.07, 6.45) is 7.52. The second-order valence-electron chi connectivity index (χ2n) is 7.22.